The average Bonchev–Trinajstić information content (AvgIpc) is 2.36. The normalized spacial score (nSPS) is 30.4. The maximum atomic E-state index is 10.8. The van der Waals surface area contributed by atoms with Crippen LogP contribution in [0.4, 0.5) is 0 Å². The SMILES string of the molecule is COC(=O)CC1(O)CCSC1. The number of carbonyl (C=O) groups is 1. The van der Waals surface area contributed by atoms with Gasteiger partial charge in [0.1, 0.15) is 0 Å². The van der Waals surface area contributed by atoms with Crippen LogP contribution >= 0.6 is 11.8 Å². The first-order valence-corrected chi connectivity index (χ1v) is 4.69. The zero-order valence-corrected chi connectivity index (χ0v) is 7.32. The van der Waals surface area contributed by atoms with Crippen molar-refractivity contribution < 1.29 is 14.6 Å². The highest BCUT2D eigenvalue weighted by atomic mass is 32.2. The van der Waals surface area contributed by atoms with Gasteiger partial charge in [0.05, 0.1) is 19.1 Å². The summed E-state index contributed by atoms with van der Waals surface area (Å²) in [5, 5.41) is 9.67. The molecular weight excluding hydrogens is 164 g/mol. The second-order valence-corrected chi connectivity index (χ2v) is 3.89. The Kier molecular flexibility index (Phi) is 2.78. The number of carbonyl (C=O) groups excluding carboxylic acids is 1. The summed E-state index contributed by atoms with van der Waals surface area (Å²) in [7, 11) is 1.34. The minimum Gasteiger partial charge on any atom is -0.469 e. The lowest BCUT2D eigenvalue weighted by molar-refractivity contribution is -0.145. The van der Waals surface area contributed by atoms with Crippen LogP contribution in [-0.4, -0.2) is 35.3 Å². The monoisotopic (exact) mass is 176 g/mol. The lowest BCUT2D eigenvalue weighted by atomic mass is 10.00. The van der Waals surface area contributed by atoms with Gasteiger partial charge in [0.2, 0.25) is 0 Å². The summed E-state index contributed by atoms with van der Waals surface area (Å²) in [5.41, 5.74) is -0.794. The van der Waals surface area contributed by atoms with E-state index in [1.165, 1.54) is 7.11 Å². The third-order valence-corrected chi connectivity index (χ3v) is 3.02. The zero-order chi connectivity index (χ0) is 8.32. The molecule has 11 heavy (non-hydrogen) atoms. The van der Waals surface area contributed by atoms with Crippen LogP contribution in [0.25, 0.3) is 0 Å². The number of esters is 1. The Morgan fingerprint density at radius 1 is 1.82 bits per heavy atom. The Morgan fingerprint density at radius 2 is 2.55 bits per heavy atom. The molecule has 1 aliphatic rings. The average molecular weight is 176 g/mol. The molecule has 1 fully saturated rings. The fraction of sp³-hybridized carbons (Fsp3) is 0.857. The summed E-state index contributed by atoms with van der Waals surface area (Å²) >= 11 is 1.68. The van der Waals surface area contributed by atoms with Crippen molar-refractivity contribution in [3.63, 3.8) is 0 Å². The lowest BCUT2D eigenvalue weighted by Gasteiger charge is -2.18. The molecule has 64 valence electrons. The first-order valence-electron chi connectivity index (χ1n) is 3.53. The van der Waals surface area contributed by atoms with Crippen LogP contribution < -0.4 is 0 Å². The number of aliphatic hydroxyl groups is 1. The Morgan fingerprint density at radius 3 is 3.00 bits per heavy atom. The van der Waals surface area contributed by atoms with Crippen molar-refractivity contribution in [1.29, 1.82) is 0 Å². The predicted molar refractivity (Wildman–Crippen MR) is 43.5 cm³/mol. The van der Waals surface area contributed by atoms with Gasteiger partial charge in [0, 0.05) is 5.75 Å². The summed E-state index contributed by atoms with van der Waals surface area (Å²) in [6.07, 6.45) is 0.837. The Hall–Kier alpha value is -0.220. The van der Waals surface area contributed by atoms with Crippen LogP contribution in [-0.2, 0) is 9.53 Å². The fourth-order valence-corrected chi connectivity index (χ4v) is 2.37. The minimum atomic E-state index is -0.794. The highest BCUT2D eigenvalue weighted by Gasteiger charge is 2.34. The maximum Gasteiger partial charge on any atom is 0.308 e. The summed E-state index contributed by atoms with van der Waals surface area (Å²) in [5.74, 6) is 1.27. The van der Waals surface area contributed by atoms with Crippen LogP contribution in [0.1, 0.15) is 12.8 Å². The molecular formula is C7H12O3S. The van der Waals surface area contributed by atoms with E-state index >= 15 is 0 Å². The first-order chi connectivity index (χ1) is 5.16. The van der Waals surface area contributed by atoms with E-state index in [1.54, 1.807) is 11.8 Å². The summed E-state index contributed by atoms with van der Waals surface area (Å²) in [6, 6.07) is 0. The molecule has 1 N–H and O–H groups in total. The van der Waals surface area contributed by atoms with E-state index in [1.807, 2.05) is 0 Å². The summed E-state index contributed by atoms with van der Waals surface area (Å²) in [6.45, 7) is 0. The Bertz CT molecular complexity index is 152. The first kappa shape index (κ1) is 8.87. The molecule has 0 saturated carbocycles. The summed E-state index contributed by atoms with van der Waals surface area (Å²) in [4.78, 5) is 10.8. The maximum absolute atomic E-state index is 10.8. The fourth-order valence-electron chi connectivity index (χ4n) is 1.08. The molecule has 1 heterocycles. The van der Waals surface area contributed by atoms with Gasteiger partial charge in [-0.1, -0.05) is 0 Å². The van der Waals surface area contributed by atoms with E-state index in [2.05, 4.69) is 4.74 Å². The van der Waals surface area contributed by atoms with Gasteiger partial charge in [-0.2, -0.15) is 11.8 Å². The zero-order valence-electron chi connectivity index (χ0n) is 6.50. The van der Waals surface area contributed by atoms with E-state index < -0.39 is 5.60 Å². The molecule has 1 rings (SSSR count). The van der Waals surface area contributed by atoms with Crippen molar-refractivity contribution in [2.24, 2.45) is 0 Å². The predicted octanol–water partition coefficient (Wildman–Crippen LogP) is 0.417. The topological polar surface area (TPSA) is 46.5 Å². The molecule has 0 aromatic carbocycles. The number of thioether (sulfide) groups is 1. The molecule has 1 saturated heterocycles. The van der Waals surface area contributed by atoms with Crippen LogP contribution in [0.3, 0.4) is 0 Å². The Labute approximate surface area is 70.1 Å². The van der Waals surface area contributed by atoms with Gasteiger partial charge < -0.3 is 9.84 Å². The molecule has 0 aromatic heterocycles. The smallest absolute Gasteiger partial charge is 0.308 e. The second kappa shape index (κ2) is 3.45. The standard InChI is InChI=1S/C7H12O3S/c1-10-6(8)4-7(9)2-3-11-5-7/h9H,2-5H2,1H3. The molecule has 0 radical (unpaired) electrons. The molecule has 1 unspecified atom stereocenters. The van der Waals surface area contributed by atoms with Gasteiger partial charge >= 0.3 is 5.97 Å². The quantitative estimate of drug-likeness (QED) is 0.619. The van der Waals surface area contributed by atoms with Gasteiger partial charge in [-0.3, -0.25) is 4.79 Å². The molecule has 0 spiro atoms. The number of ether oxygens (including phenoxy) is 1. The molecule has 0 aromatic rings. The van der Waals surface area contributed by atoms with E-state index in [0.717, 1.165) is 5.75 Å². The summed E-state index contributed by atoms with van der Waals surface area (Å²) < 4.78 is 4.47. The highest BCUT2D eigenvalue weighted by Crippen LogP contribution is 2.30. The lowest BCUT2D eigenvalue weighted by Crippen LogP contribution is -2.31. The van der Waals surface area contributed by atoms with Crippen molar-refractivity contribution in [1.82, 2.24) is 0 Å². The Balaban J connectivity index is 2.39. The van der Waals surface area contributed by atoms with Crippen LogP contribution in [0, 0.1) is 0 Å². The van der Waals surface area contributed by atoms with Gasteiger partial charge in [0.25, 0.3) is 0 Å². The molecule has 0 aliphatic carbocycles. The number of hydrogen-bond donors (Lipinski definition) is 1. The largest absolute Gasteiger partial charge is 0.469 e. The van der Waals surface area contributed by atoms with Crippen LogP contribution in [0.15, 0.2) is 0 Å². The van der Waals surface area contributed by atoms with Gasteiger partial charge in [-0.15, -0.1) is 0 Å². The molecule has 0 amide bonds. The van der Waals surface area contributed by atoms with E-state index in [-0.39, 0.29) is 12.4 Å². The van der Waals surface area contributed by atoms with Crippen LogP contribution in [0.2, 0.25) is 0 Å². The van der Waals surface area contributed by atoms with Crippen molar-refractivity contribution in [3.8, 4) is 0 Å². The van der Waals surface area contributed by atoms with Crippen molar-refractivity contribution in [3.05, 3.63) is 0 Å². The number of rotatable bonds is 2. The van der Waals surface area contributed by atoms with Crippen LogP contribution in [0.5, 0.6) is 0 Å². The molecule has 3 nitrogen and oxygen atoms in total. The molecule has 1 atom stereocenters. The van der Waals surface area contributed by atoms with E-state index in [9.17, 15) is 9.90 Å². The van der Waals surface area contributed by atoms with Crippen molar-refractivity contribution >= 4 is 17.7 Å². The van der Waals surface area contributed by atoms with Crippen molar-refractivity contribution in [2.45, 2.75) is 18.4 Å². The second-order valence-electron chi connectivity index (χ2n) is 2.78. The molecule has 1 aliphatic heterocycles. The van der Waals surface area contributed by atoms with E-state index in [4.69, 9.17) is 0 Å². The molecule has 0 bridgehead atoms. The third-order valence-electron chi connectivity index (χ3n) is 1.78. The minimum absolute atomic E-state index is 0.135. The number of hydrogen-bond acceptors (Lipinski definition) is 4. The highest BCUT2D eigenvalue weighted by molar-refractivity contribution is 7.99. The van der Waals surface area contributed by atoms with E-state index in [0.29, 0.717) is 12.2 Å². The van der Waals surface area contributed by atoms with Gasteiger partial charge in [-0.25, -0.2) is 0 Å². The molecule has 4 heteroatoms. The van der Waals surface area contributed by atoms with Gasteiger partial charge in [-0.05, 0) is 12.2 Å². The third kappa shape index (κ3) is 2.38. The van der Waals surface area contributed by atoms with Crippen molar-refractivity contribution in [2.75, 3.05) is 18.6 Å². The number of methoxy groups -OCH3 is 1. The van der Waals surface area contributed by atoms with Gasteiger partial charge in [0.15, 0.2) is 0 Å².